The van der Waals surface area contributed by atoms with Gasteiger partial charge in [0, 0.05) is 6.07 Å². The molecule has 7 heteroatoms. The van der Waals surface area contributed by atoms with Crippen LogP contribution in [0.1, 0.15) is 11.5 Å². The molecule has 102 valence electrons. The van der Waals surface area contributed by atoms with Gasteiger partial charge in [0.2, 0.25) is 11.6 Å². The van der Waals surface area contributed by atoms with Gasteiger partial charge in [-0.2, -0.15) is 0 Å². The normalized spacial score (nSPS) is 16.6. The summed E-state index contributed by atoms with van der Waals surface area (Å²) < 4.78 is 19.0. The van der Waals surface area contributed by atoms with Crippen molar-refractivity contribution in [2.45, 2.75) is 19.1 Å². The maximum atomic E-state index is 14.1. The van der Waals surface area contributed by atoms with Crippen LogP contribution in [0.2, 0.25) is 0 Å². The number of nitrogens with one attached hydrogen (secondary N) is 1. The van der Waals surface area contributed by atoms with E-state index in [-0.39, 0.29) is 25.5 Å². The molecule has 0 atom stereocenters. The smallest absolute Gasteiger partial charge is 0.261 e. The number of amides is 2. The van der Waals surface area contributed by atoms with Gasteiger partial charge in [-0.25, -0.2) is 4.39 Å². The zero-order valence-electron chi connectivity index (χ0n) is 10.5. The summed E-state index contributed by atoms with van der Waals surface area (Å²) in [6, 6.07) is 1.65. The molecule has 1 aromatic rings. The first-order valence-electron chi connectivity index (χ1n) is 5.75. The van der Waals surface area contributed by atoms with Crippen molar-refractivity contribution in [2.24, 2.45) is 0 Å². The number of hydrogen-bond acceptors (Lipinski definition) is 4. The van der Waals surface area contributed by atoms with Crippen LogP contribution in [0.4, 0.5) is 4.39 Å². The average molecular weight is 267 g/mol. The summed E-state index contributed by atoms with van der Waals surface area (Å²) in [5.41, 5.74) is -1.35. The molecule has 6 nitrogen and oxygen atoms in total. The second kappa shape index (κ2) is 4.83. The molecule has 2 amide bonds. The third-order valence-electron chi connectivity index (χ3n) is 2.88. The summed E-state index contributed by atoms with van der Waals surface area (Å²) in [5.74, 6) is -0.686. The fraction of sp³-hybridized carbons (Fsp3) is 0.417. The van der Waals surface area contributed by atoms with Crippen molar-refractivity contribution in [1.82, 2.24) is 15.4 Å². The highest BCUT2D eigenvalue weighted by Crippen LogP contribution is 2.26. The van der Waals surface area contributed by atoms with Crippen molar-refractivity contribution in [1.29, 1.82) is 0 Å². The number of nitrogens with zero attached hydrogens (tertiary/aromatic N) is 2. The fourth-order valence-corrected chi connectivity index (χ4v) is 1.81. The molecule has 0 aliphatic carbocycles. The van der Waals surface area contributed by atoms with Crippen molar-refractivity contribution in [2.75, 3.05) is 13.1 Å². The minimum absolute atomic E-state index is 0.0702. The molecule has 0 radical (unpaired) electrons. The Morgan fingerprint density at radius 1 is 1.68 bits per heavy atom. The third kappa shape index (κ3) is 2.64. The highest BCUT2D eigenvalue weighted by molar-refractivity contribution is 5.93. The fourth-order valence-electron chi connectivity index (χ4n) is 1.81. The molecule has 1 aromatic heterocycles. The number of halogens is 1. The first-order valence-corrected chi connectivity index (χ1v) is 5.75. The molecular weight excluding hydrogens is 253 g/mol. The summed E-state index contributed by atoms with van der Waals surface area (Å²) in [7, 11) is 0. The van der Waals surface area contributed by atoms with Crippen molar-refractivity contribution < 1.29 is 18.5 Å². The molecule has 1 fully saturated rings. The topological polar surface area (TPSA) is 75.4 Å². The number of carbonyl (C=O) groups is 2. The molecule has 0 spiro atoms. The predicted molar refractivity (Wildman–Crippen MR) is 63.7 cm³/mol. The van der Waals surface area contributed by atoms with Gasteiger partial charge in [-0.1, -0.05) is 11.7 Å². The van der Waals surface area contributed by atoms with E-state index in [1.165, 1.54) is 4.90 Å². The Morgan fingerprint density at radius 2 is 2.37 bits per heavy atom. The lowest BCUT2D eigenvalue weighted by molar-refractivity contribution is -0.153. The van der Waals surface area contributed by atoms with Crippen LogP contribution >= 0.6 is 0 Å². The lowest BCUT2D eigenvalue weighted by Gasteiger charge is -2.42. The first kappa shape index (κ1) is 13.3. The number of alkyl halides is 1. The van der Waals surface area contributed by atoms with E-state index in [2.05, 4.69) is 17.1 Å². The Morgan fingerprint density at radius 3 is 2.89 bits per heavy atom. The van der Waals surface area contributed by atoms with Crippen LogP contribution in [-0.4, -0.2) is 40.6 Å². The average Bonchev–Trinajstić information content (AvgIpc) is 2.76. The summed E-state index contributed by atoms with van der Waals surface area (Å²) >= 11 is 0. The molecule has 2 heterocycles. The maximum absolute atomic E-state index is 14.1. The molecular formula is C12H14FN3O3. The van der Waals surface area contributed by atoms with Gasteiger partial charge in [-0.3, -0.25) is 9.59 Å². The van der Waals surface area contributed by atoms with Crippen LogP contribution in [-0.2, 0) is 16.1 Å². The number of aromatic nitrogens is 1. The van der Waals surface area contributed by atoms with Gasteiger partial charge < -0.3 is 14.7 Å². The third-order valence-corrected chi connectivity index (χ3v) is 2.88. The van der Waals surface area contributed by atoms with Crippen LogP contribution in [0.15, 0.2) is 23.2 Å². The summed E-state index contributed by atoms with van der Waals surface area (Å²) in [6.07, 6.45) is 1.09. The van der Waals surface area contributed by atoms with Gasteiger partial charge >= 0.3 is 0 Å². The number of hydrogen-bond donors (Lipinski definition) is 1. The van der Waals surface area contributed by atoms with Gasteiger partial charge in [0.15, 0.2) is 5.76 Å². The number of carbonyl (C=O) groups excluding carboxylic acids is 2. The van der Waals surface area contributed by atoms with E-state index in [0.29, 0.717) is 11.5 Å². The second-order valence-corrected chi connectivity index (χ2v) is 4.48. The lowest BCUT2D eigenvalue weighted by atomic mass is 9.95. The van der Waals surface area contributed by atoms with Gasteiger partial charge in [0.05, 0.1) is 25.3 Å². The van der Waals surface area contributed by atoms with Crippen LogP contribution in [0.25, 0.3) is 0 Å². The van der Waals surface area contributed by atoms with E-state index in [1.54, 1.807) is 13.0 Å². The van der Waals surface area contributed by atoms with E-state index < -0.39 is 11.6 Å². The van der Waals surface area contributed by atoms with Gasteiger partial charge in [0.1, 0.15) is 0 Å². The molecule has 1 saturated heterocycles. The van der Waals surface area contributed by atoms with E-state index >= 15 is 0 Å². The van der Waals surface area contributed by atoms with Crippen molar-refractivity contribution in [3.8, 4) is 0 Å². The van der Waals surface area contributed by atoms with Crippen molar-refractivity contribution >= 4 is 11.8 Å². The first-order chi connectivity index (χ1) is 8.94. The minimum Gasteiger partial charge on any atom is -0.359 e. The van der Waals surface area contributed by atoms with E-state index in [0.717, 1.165) is 6.08 Å². The molecule has 1 aliphatic heterocycles. The van der Waals surface area contributed by atoms with Crippen molar-refractivity contribution in [3.63, 3.8) is 0 Å². The maximum Gasteiger partial charge on any atom is 0.261 e. The predicted octanol–water partition coefficient (Wildman–Crippen LogP) is 0.336. The molecule has 2 rings (SSSR count). The van der Waals surface area contributed by atoms with Gasteiger partial charge in [-0.15, -0.1) is 0 Å². The molecule has 1 aliphatic rings. The van der Waals surface area contributed by atoms with E-state index in [9.17, 15) is 14.0 Å². The molecule has 0 unspecified atom stereocenters. The quantitative estimate of drug-likeness (QED) is 0.798. The molecule has 0 aromatic carbocycles. The monoisotopic (exact) mass is 267 g/mol. The standard InChI is InChI=1S/C12H14FN3O3/c1-3-10(17)16-6-12(13,7-16)11(18)14-5-9-4-8(2)15-19-9/h3-4H,1,5-7H2,2H3,(H,14,18). The van der Waals surface area contributed by atoms with E-state index in [4.69, 9.17) is 4.52 Å². The summed E-state index contributed by atoms with van der Waals surface area (Å²) in [4.78, 5) is 24.1. The summed E-state index contributed by atoms with van der Waals surface area (Å²) in [6.45, 7) is 4.62. The Kier molecular flexibility index (Phi) is 3.37. The molecule has 19 heavy (non-hydrogen) atoms. The number of likely N-dealkylation sites (tertiary alicyclic amines) is 1. The van der Waals surface area contributed by atoms with Crippen LogP contribution in [0, 0.1) is 6.92 Å². The highest BCUT2D eigenvalue weighted by Gasteiger charge is 2.51. The Bertz CT molecular complexity index is 520. The second-order valence-electron chi connectivity index (χ2n) is 4.48. The summed E-state index contributed by atoms with van der Waals surface area (Å²) in [5, 5.41) is 6.07. The lowest BCUT2D eigenvalue weighted by Crippen LogP contribution is -2.67. The van der Waals surface area contributed by atoms with Gasteiger partial charge in [-0.05, 0) is 13.0 Å². The van der Waals surface area contributed by atoms with Crippen LogP contribution in [0.5, 0.6) is 0 Å². The van der Waals surface area contributed by atoms with Gasteiger partial charge in [0.25, 0.3) is 5.91 Å². The van der Waals surface area contributed by atoms with E-state index in [1.807, 2.05) is 0 Å². The Hall–Kier alpha value is -2.18. The number of aryl methyl sites for hydroxylation is 1. The largest absolute Gasteiger partial charge is 0.359 e. The zero-order valence-corrected chi connectivity index (χ0v) is 10.5. The van der Waals surface area contributed by atoms with Crippen LogP contribution in [0.3, 0.4) is 0 Å². The molecule has 0 saturated carbocycles. The number of rotatable bonds is 4. The Labute approximate surface area is 109 Å². The minimum atomic E-state index is -2.03. The van der Waals surface area contributed by atoms with Crippen LogP contribution < -0.4 is 5.32 Å². The zero-order chi connectivity index (χ0) is 14.0. The molecule has 0 bridgehead atoms. The van der Waals surface area contributed by atoms with Crippen molar-refractivity contribution in [3.05, 3.63) is 30.2 Å². The highest BCUT2D eigenvalue weighted by atomic mass is 19.1. The molecule has 1 N–H and O–H groups in total. The Balaban J connectivity index is 1.84. The SMILES string of the molecule is C=CC(=O)N1CC(F)(C(=O)NCc2cc(C)no2)C1.